The number of pyridine rings is 2. The molecule has 0 saturated carbocycles. The van der Waals surface area contributed by atoms with Gasteiger partial charge in [0.1, 0.15) is 17.2 Å². The Morgan fingerprint density at radius 1 is 1.11 bits per heavy atom. The zero-order chi connectivity index (χ0) is 26.5. The molecule has 3 amide bonds. The van der Waals surface area contributed by atoms with E-state index in [4.69, 9.17) is 4.74 Å². The highest BCUT2D eigenvalue weighted by atomic mass is 16.6. The number of anilines is 3. The Kier molecular flexibility index (Phi) is 8.49. The summed E-state index contributed by atoms with van der Waals surface area (Å²) >= 11 is 0. The van der Waals surface area contributed by atoms with Crippen molar-refractivity contribution in [1.82, 2.24) is 14.9 Å². The molecule has 1 aliphatic heterocycles. The quantitative estimate of drug-likeness (QED) is 0.525. The molecule has 0 unspecified atom stereocenters. The van der Waals surface area contributed by atoms with Crippen molar-refractivity contribution in [2.75, 3.05) is 29.5 Å². The third kappa shape index (κ3) is 6.93. The lowest BCUT2D eigenvalue weighted by Crippen LogP contribution is -2.46. The van der Waals surface area contributed by atoms with Crippen LogP contribution in [0.5, 0.6) is 0 Å². The van der Waals surface area contributed by atoms with Gasteiger partial charge in [-0.1, -0.05) is 19.9 Å². The van der Waals surface area contributed by atoms with Gasteiger partial charge in [-0.3, -0.25) is 14.9 Å². The van der Waals surface area contributed by atoms with Gasteiger partial charge in [-0.25, -0.2) is 14.8 Å². The van der Waals surface area contributed by atoms with Gasteiger partial charge in [0.05, 0.1) is 17.9 Å². The molecular formula is C26H36N6O4. The van der Waals surface area contributed by atoms with Crippen LogP contribution < -0.4 is 16.0 Å². The highest BCUT2D eigenvalue weighted by molar-refractivity contribution is 6.39. The molecule has 0 bridgehead atoms. The van der Waals surface area contributed by atoms with E-state index in [0.717, 1.165) is 24.2 Å². The Morgan fingerprint density at radius 3 is 2.47 bits per heavy atom. The first-order valence-electron chi connectivity index (χ1n) is 12.2. The predicted octanol–water partition coefficient (Wildman–Crippen LogP) is 4.37. The molecule has 2 atom stereocenters. The molecule has 10 nitrogen and oxygen atoms in total. The summed E-state index contributed by atoms with van der Waals surface area (Å²) in [6.45, 7) is 9.79. The fourth-order valence-corrected chi connectivity index (χ4v) is 4.15. The number of nitrogens with zero attached hydrogens (tertiary/aromatic N) is 3. The molecule has 0 radical (unpaired) electrons. The highest BCUT2D eigenvalue weighted by Crippen LogP contribution is 2.33. The van der Waals surface area contributed by atoms with E-state index in [1.54, 1.807) is 45.0 Å². The van der Waals surface area contributed by atoms with Gasteiger partial charge in [-0.05, 0) is 69.2 Å². The molecule has 0 spiro atoms. The summed E-state index contributed by atoms with van der Waals surface area (Å²) in [5, 5.41) is 8.30. The Morgan fingerprint density at radius 2 is 1.86 bits per heavy atom. The molecule has 1 fully saturated rings. The van der Waals surface area contributed by atoms with E-state index in [0.29, 0.717) is 30.0 Å². The van der Waals surface area contributed by atoms with Gasteiger partial charge in [0.25, 0.3) is 0 Å². The predicted molar refractivity (Wildman–Crippen MR) is 139 cm³/mol. The van der Waals surface area contributed by atoms with E-state index in [-0.39, 0.29) is 12.0 Å². The van der Waals surface area contributed by atoms with E-state index < -0.39 is 23.5 Å². The number of aromatic nitrogens is 2. The van der Waals surface area contributed by atoms with Gasteiger partial charge in [0, 0.05) is 19.8 Å². The summed E-state index contributed by atoms with van der Waals surface area (Å²) in [5.74, 6) is 0.0406. The van der Waals surface area contributed by atoms with Gasteiger partial charge >= 0.3 is 17.9 Å². The molecule has 2 aromatic heterocycles. The Bertz CT molecular complexity index is 1100. The van der Waals surface area contributed by atoms with Gasteiger partial charge in [-0.15, -0.1) is 0 Å². The average molecular weight is 497 g/mol. The van der Waals surface area contributed by atoms with E-state index in [2.05, 4.69) is 32.8 Å². The van der Waals surface area contributed by atoms with Crippen molar-refractivity contribution < 1.29 is 19.1 Å². The number of aryl methyl sites for hydroxylation is 1. The van der Waals surface area contributed by atoms with Crippen LogP contribution in [0.2, 0.25) is 0 Å². The zero-order valence-corrected chi connectivity index (χ0v) is 21.8. The first-order valence-corrected chi connectivity index (χ1v) is 12.2. The molecule has 3 rings (SSSR count). The number of hydrogen-bond donors (Lipinski definition) is 3. The average Bonchev–Trinajstić information content (AvgIpc) is 2.83. The fourth-order valence-electron chi connectivity index (χ4n) is 4.15. The molecule has 36 heavy (non-hydrogen) atoms. The third-order valence-electron chi connectivity index (χ3n) is 5.92. The monoisotopic (exact) mass is 496 g/mol. The number of likely N-dealkylation sites (tertiary alicyclic amines) is 1. The van der Waals surface area contributed by atoms with E-state index >= 15 is 0 Å². The van der Waals surface area contributed by atoms with Crippen molar-refractivity contribution in [1.29, 1.82) is 0 Å². The van der Waals surface area contributed by atoms with Crippen LogP contribution in [0, 0.1) is 5.92 Å². The second kappa shape index (κ2) is 11.4. The Labute approximate surface area is 212 Å². The second-order valence-corrected chi connectivity index (χ2v) is 10.0. The van der Waals surface area contributed by atoms with Crippen LogP contribution in [-0.2, 0) is 20.7 Å². The van der Waals surface area contributed by atoms with E-state index in [9.17, 15) is 14.4 Å². The molecular weight excluding hydrogens is 460 g/mol. The SMILES string of the molecule is CCc1cc(NC(=O)C(=O)N2C[C@H](C)CC[C@H]2c2ccc(NC)nc2)cnc1NC(=O)OC(C)(C)C. The molecule has 1 aliphatic rings. The molecule has 3 heterocycles. The summed E-state index contributed by atoms with van der Waals surface area (Å²) in [7, 11) is 1.80. The summed E-state index contributed by atoms with van der Waals surface area (Å²) in [5.41, 5.74) is 1.34. The largest absolute Gasteiger partial charge is 0.444 e. The first kappa shape index (κ1) is 26.9. The van der Waals surface area contributed by atoms with Crippen LogP contribution in [-0.4, -0.2) is 52.0 Å². The first-order chi connectivity index (χ1) is 17.0. The van der Waals surface area contributed by atoms with Crippen LogP contribution in [0.3, 0.4) is 0 Å². The fraction of sp³-hybridized carbons (Fsp3) is 0.500. The lowest BCUT2D eigenvalue weighted by Gasteiger charge is -2.38. The van der Waals surface area contributed by atoms with Crippen LogP contribution >= 0.6 is 0 Å². The minimum absolute atomic E-state index is 0.220. The minimum Gasteiger partial charge on any atom is -0.444 e. The van der Waals surface area contributed by atoms with Crippen molar-refractivity contribution in [2.45, 2.75) is 65.5 Å². The molecule has 3 N–H and O–H groups in total. The number of hydrogen-bond acceptors (Lipinski definition) is 7. The standard InChI is InChI=1S/C26H36N6O4/c1-7-17-12-19(14-29-22(17)31-25(35)36-26(3,4)5)30-23(33)24(34)32-15-16(2)8-10-20(32)18-9-11-21(27-6)28-13-18/h9,11-14,16,20H,7-8,10,15H2,1-6H3,(H,27,28)(H,30,33)(H,29,31,35)/t16-,20+/m1/s1. The summed E-state index contributed by atoms with van der Waals surface area (Å²) in [4.78, 5) is 48.6. The number of ether oxygens (including phenoxy) is 1. The number of amides is 3. The normalized spacial score (nSPS) is 17.8. The zero-order valence-electron chi connectivity index (χ0n) is 21.8. The number of piperidine rings is 1. The van der Waals surface area contributed by atoms with Crippen molar-refractivity contribution in [3.05, 3.63) is 41.7 Å². The Balaban J connectivity index is 1.73. The topological polar surface area (TPSA) is 126 Å². The van der Waals surface area contributed by atoms with Crippen LogP contribution in [0.25, 0.3) is 0 Å². The van der Waals surface area contributed by atoms with Gasteiger partial charge in [0.2, 0.25) is 0 Å². The van der Waals surface area contributed by atoms with Gasteiger partial charge < -0.3 is 20.3 Å². The Hall–Kier alpha value is -3.69. The number of nitrogens with one attached hydrogen (secondary N) is 3. The lowest BCUT2D eigenvalue weighted by molar-refractivity contribution is -0.146. The van der Waals surface area contributed by atoms with Crippen molar-refractivity contribution in [3.63, 3.8) is 0 Å². The van der Waals surface area contributed by atoms with Crippen molar-refractivity contribution in [3.8, 4) is 0 Å². The van der Waals surface area contributed by atoms with Gasteiger partial charge in [-0.2, -0.15) is 0 Å². The highest BCUT2D eigenvalue weighted by Gasteiger charge is 2.34. The molecule has 2 aromatic rings. The summed E-state index contributed by atoms with van der Waals surface area (Å²) in [6.07, 6.45) is 4.82. The molecule has 194 valence electrons. The van der Waals surface area contributed by atoms with Crippen LogP contribution in [0.1, 0.15) is 64.6 Å². The summed E-state index contributed by atoms with van der Waals surface area (Å²) < 4.78 is 5.28. The molecule has 0 aromatic carbocycles. The van der Waals surface area contributed by atoms with Gasteiger partial charge in [0.15, 0.2) is 0 Å². The molecule has 0 aliphatic carbocycles. The third-order valence-corrected chi connectivity index (χ3v) is 5.92. The van der Waals surface area contributed by atoms with E-state index in [1.807, 2.05) is 19.1 Å². The van der Waals surface area contributed by atoms with Crippen LogP contribution in [0.4, 0.5) is 22.1 Å². The summed E-state index contributed by atoms with van der Waals surface area (Å²) in [6, 6.07) is 5.27. The number of carbonyl (C=O) groups excluding carboxylic acids is 3. The van der Waals surface area contributed by atoms with E-state index in [1.165, 1.54) is 6.20 Å². The second-order valence-electron chi connectivity index (χ2n) is 10.0. The van der Waals surface area contributed by atoms with Crippen molar-refractivity contribution >= 4 is 35.2 Å². The number of rotatable bonds is 5. The minimum atomic E-state index is -0.731. The molecule has 10 heteroatoms. The maximum atomic E-state index is 13.2. The maximum absolute atomic E-state index is 13.2. The lowest BCUT2D eigenvalue weighted by atomic mass is 9.90. The maximum Gasteiger partial charge on any atom is 0.413 e. The van der Waals surface area contributed by atoms with Crippen LogP contribution in [0.15, 0.2) is 30.6 Å². The molecule has 1 saturated heterocycles. The van der Waals surface area contributed by atoms with Crippen molar-refractivity contribution in [2.24, 2.45) is 5.92 Å². The smallest absolute Gasteiger partial charge is 0.413 e. The number of carbonyl (C=O) groups is 3.